The smallest absolute Gasteiger partial charge is 0.126 e. The van der Waals surface area contributed by atoms with Gasteiger partial charge in [0, 0.05) is 6.04 Å². The number of hydrogen-bond donors (Lipinski definition) is 1. The van der Waals surface area contributed by atoms with Gasteiger partial charge in [0.15, 0.2) is 0 Å². The van der Waals surface area contributed by atoms with Crippen molar-refractivity contribution >= 4 is 22.1 Å². The minimum Gasteiger partial charge on any atom is -0.768 e. The molecule has 2 atom stereocenters. The quantitative estimate of drug-likeness (QED) is 0.854. The molecule has 18 heavy (non-hydrogen) atoms. The molecule has 2 aromatic rings. The van der Waals surface area contributed by atoms with Crippen molar-refractivity contribution in [2.24, 2.45) is 5.73 Å². The summed E-state index contributed by atoms with van der Waals surface area (Å²) in [6, 6.07) is 5.29. The van der Waals surface area contributed by atoms with Gasteiger partial charge in [0.1, 0.15) is 5.82 Å². The molecule has 1 saturated carbocycles. The fourth-order valence-corrected chi connectivity index (χ4v) is 2.84. The number of aromatic nitrogens is 2. The van der Waals surface area contributed by atoms with Crippen LogP contribution in [-0.4, -0.2) is 18.3 Å². The van der Waals surface area contributed by atoms with Crippen molar-refractivity contribution in [3.05, 3.63) is 24.0 Å². The molecule has 3 rings (SSSR count). The molecule has 6 heteroatoms. The van der Waals surface area contributed by atoms with Gasteiger partial charge in [0.2, 0.25) is 0 Å². The van der Waals surface area contributed by atoms with Crippen molar-refractivity contribution in [1.82, 2.24) is 9.55 Å². The lowest BCUT2D eigenvalue weighted by Gasteiger charge is -2.13. The minimum absolute atomic E-state index is 0.203. The Morgan fingerprint density at radius 2 is 2.28 bits per heavy atom. The van der Waals surface area contributed by atoms with Crippen molar-refractivity contribution in [3.8, 4) is 0 Å². The first-order valence-corrected chi connectivity index (χ1v) is 7.02. The first-order chi connectivity index (χ1) is 8.59. The van der Waals surface area contributed by atoms with Crippen molar-refractivity contribution in [2.45, 2.75) is 36.7 Å². The van der Waals surface area contributed by atoms with Crippen molar-refractivity contribution in [2.75, 3.05) is 0 Å². The Morgan fingerprint density at radius 1 is 1.56 bits per heavy atom. The Morgan fingerprint density at radius 3 is 2.83 bits per heavy atom. The van der Waals surface area contributed by atoms with Gasteiger partial charge in [-0.15, -0.1) is 0 Å². The lowest BCUT2D eigenvalue weighted by Crippen LogP contribution is -2.13. The van der Waals surface area contributed by atoms with Crippen LogP contribution in [0.2, 0.25) is 0 Å². The zero-order valence-electron chi connectivity index (χ0n) is 10.00. The van der Waals surface area contributed by atoms with Gasteiger partial charge in [-0.2, -0.15) is 0 Å². The molecule has 1 fully saturated rings. The highest BCUT2D eigenvalue weighted by Crippen LogP contribution is 2.40. The number of rotatable bonds is 3. The molecule has 0 bridgehead atoms. The van der Waals surface area contributed by atoms with Crippen molar-refractivity contribution in [1.29, 1.82) is 0 Å². The molecule has 0 aliphatic heterocycles. The fourth-order valence-electron chi connectivity index (χ4n) is 2.29. The van der Waals surface area contributed by atoms with Gasteiger partial charge in [0.25, 0.3) is 0 Å². The first-order valence-electron chi connectivity index (χ1n) is 5.95. The van der Waals surface area contributed by atoms with Gasteiger partial charge in [0.05, 0.1) is 22.0 Å². The molecule has 2 unspecified atom stereocenters. The largest absolute Gasteiger partial charge is 0.768 e. The highest BCUT2D eigenvalue weighted by Gasteiger charge is 2.30. The van der Waals surface area contributed by atoms with Crippen LogP contribution in [-0.2, 0) is 11.1 Å². The SMILES string of the molecule is CC(N)c1nc2cccc(S(=O)[O-])c2n1C1CC1. The Bertz CT molecular complexity index is 632. The Hall–Kier alpha value is -1.24. The second-order valence-corrected chi connectivity index (χ2v) is 5.63. The molecule has 1 aromatic heterocycles. The Balaban J connectivity index is 2.36. The van der Waals surface area contributed by atoms with E-state index in [4.69, 9.17) is 5.73 Å². The summed E-state index contributed by atoms with van der Waals surface area (Å²) in [6.45, 7) is 1.87. The number of nitrogens with two attached hydrogens (primary N) is 1. The predicted molar refractivity (Wildman–Crippen MR) is 67.8 cm³/mol. The third-order valence-corrected chi connectivity index (χ3v) is 3.89. The number of benzene rings is 1. The number of para-hydroxylation sites is 1. The lowest BCUT2D eigenvalue weighted by molar-refractivity contribution is 0.537. The standard InChI is InChI=1S/C12H15N3O2S/c1-7(13)12-14-9-3-2-4-10(18(16)17)11(9)15(12)8-5-6-8/h2-4,7-8H,5-6,13H2,1H3,(H,16,17)/p-1. The lowest BCUT2D eigenvalue weighted by atomic mass is 10.3. The van der Waals surface area contributed by atoms with Crippen LogP contribution in [0.25, 0.3) is 11.0 Å². The summed E-state index contributed by atoms with van der Waals surface area (Å²) in [5, 5.41) is 0. The van der Waals surface area contributed by atoms with Gasteiger partial charge in [-0.3, -0.25) is 4.21 Å². The molecule has 0 spiro atoms. The van der Waals surface area contributed by atoms with Gasteiger partial charge in [-0.25, -0.2) is 4.98 Å². The van der Waals surface area contributed by atoms with E-state index in [1.54, 1.807) is 12.1 Å². The average Bonchev–Trinajstić information content (AvgIpc) is 3.07. The van der Waals surface area contributed by atoms with E-state index >= 15 is 0 Å². The maximum absolute atomic E-state index is 11.3. The molecular formula is C12H14N3O2S-. The van der Waals surface area contributed by atoms with Crippen LogP contribution in [0.5, 0.6) is 0 Å². The first kappa shape index (κ1) is 11.8. The zero-order valence-corrected chi connectivity index (χ0v) is 10.8. The van der Waals surface area contributed by atoms with Gasteiger partial charge >= 0.3 is 0 Å². The van der Waals surface area contributed by atoms with Crippen LogP contribution in [0.4, 0.5) is 0 Å². The van der Waals surface area contributed by atoms with E-state index in [2.05, 4.69) is 4.98 Å². The van der Waals surface area contributed by atoms with E-state index in [9.17, 15) is 8.76 Å². The minimum atomic E-state index is -2.25. The summed E-state index contributed by atoms with van der Waals surface area (Å²) in [6.07, 6.45) is 2.12. The van der Waals surface area contributed by atoms with E-state index in [0.29, 0.717) is 22.0 Å². The topological polar surface area (TPSA) is 84.0 Å². The monoisotopic (exact) mass is 264 g/mol. The summed E-state index contributed by atoms with van der Waals surface area (Å²) in [5.74, 6) is 0.769. The normalized spacial score (nSPS) is 19.1. The van der Waals surface area contributed by atoms with Crippen LogP contribution in [0.3, 0.4) is 0 Å². The number of imidazole rings is 1. The summed E-state index contributed by atoms with van der Waals surface area (Å²) in [4.78, 5) is 4.79. The predicted octanol–water partition coefficient (Wildman–Crippen LogP) is 1.63. The molecule has 1 heterocycles. The van der Waals surface area contributed by atoms with Gasteiger partial charge in [-0.1, -0.05) is 6.07 Å². The Labute approximate surface area is 107 Å². The molecular weight excluding hydrogens is 250 g/mol. The summed E-state index contributed by atoms with van der Waals surface area (Å²) in [5.41, 5.74) is 7.33. The maximum atomic E-state index is 11.3. The van der Waals surface area contributed by atoms with Crippen LogP contribution in [0.15, 0.2) is 23.1 Å². The van der Waals surface area contributed by atoms with Crippen LogP contribution < -0.4 is 5.73 Å². The highest BCUT2D eigenvalue weighted by atomic mass is 32.2. The van der Waals surface area contributed by atoms with E-state index in [1.807, 2.05) is 17.6 Å². The van der Waals surface area contributed by atoms with E-state index < -0.39 is 11.1 Å². The van der Waals surface area contributed by atoms with Crippen molar-refractivity contribution in [3.63, 3.8) is 0 Å². The van der Waals surface area contributed by atoms with Gasteiger partial charge < -0.3 is 14.9 Å². The van der Waals surface area contributed by atoms with Crippen molar-refractivity contribution < 1.29 is 8.76 Å². The second-order valence-electron chi connectivity index (χ2n) is 4.72. The highest BCUT2D eigenvalue weighted by molar-refractivity contribution is 7.79. The molecule has 1 aromatic carbocycles. The number of fused-ring (bicyclic) bond motifs is 1. The number of hydrogen-bond acceptors (Lipinski definition) is 4. The fraction of sp³-hybridized carbons (Fsp3) is 0.417. The molecule has 1 aliphatic carbocycles. The van der Waals surface area contributed by atoms with Gasteiger partial charge in [-0.05, 0) is 43.0 Å². The molecule has 0 amide bonds. The molecule has 5 nitrogen and oxygen atoms in total. The molecule has 1 aliphatic rings. The Kier molecular flexibility index (Phi) is 2.73. The second kappa shape index (κ2) is 4.15. The summed E-state index contributed by atoms with van der Waals surface area (Å²) >= 11 is -2.25. The van der Waals surface area contributed by atoms with E-state index in [0.717, 1.165) is 18.7 Å². The molecule has 0 saturated heterocycles. The van der Waals surface area contributed by atoms with Crippen LogP contribution in [0.1, 0.15) is 37.7 Å². The summed E-state index contributed by atoms with van der Waals surface area (Å²) < 4.78 is 24.6. The maximum Gasteiger partial charge on any atom is 0.126 e. The zero-order chi connectivity index (χ0) is 12.9. The van der Waals surface area contributed by atoms with E-state index in [-0.39, 0.29) is 6.04 Å². The molecule has 96 valence electrons. The van der Waals surface area contributed by atoms with Crippen LogP contribution >= 0.6 is 0 Å². The third kappa shape index (κ3) is 1.77. The number of nitrogens with zero attached hydrogens (tertiary/aromatic N) is 2. The average molecular weight is 264 g/mol. The summed E-state index contributed by atoms with van der Waals surface area (Å²) in [7, 11) is 0. The molecule has 2 N–H and O–H groups in total. The molecule has 0 radical (unpaired) electrons. The third-order valence-electron chi connectivity index (χ3n) is 3.20. The van der Waals surface area contributed by atoms with Crippen LogP contribution in [0, 0.1) is 0 Å². The van der Waals surface area contributed by atoms with E-state index in [1.165, 1.54) is 0 Å².